The Kier molecular flexibility index (Phi) is 3.18. The maximum atomic E-state index is 11.9. The van der Waals surface area contributed by atoms with Crippen LogP contribution in [0.1, 0.15) is 24.0 Å². The fourth-order valence-corrected chi connectivity index (χ4v) is 2.83. The van der Waals surface area contributed by atoms with E-state index in [1.165, 1.54) is 11.1 Å². The zero-order valence-corrected chi connectivity index (χ0v) is 11.7. The summed E-state index contributed by atoms with van der Waals surface area (Å²) in [6, 6.07) is 16.3. The van der Waals surface area contributed by atoms with Crippen molar-refractivity contribution in [1.29, 1.82) is 0 Å². The number of benzene rings is 2. The van der Waals surface area contributed by atoms with Gasteiger partial charge in [-0.3, -0.25) is 4.79 Å². The van der Waals surface area contributed by atoms with E-state index in [-0.39, 0.29) is 11.8 Å². The Morgan fingerprint density at radius 1 is 1.20 bits per heavy atom. The first-order valence-corrected chi connectivity index (χ1v) is 6.71. The lowest BCUT2D eigenvalue weighted by molar-refractivity contribution is -0.116. The fraction of sp³-hybridized carbons (Fsp3) is 0.235. The van der Waals surface area contributed by atoms with Crippen molar-refractivity contribution in [3.8, 4) is 5.75 Å². The lowest BCUT2D eigenvalue weighted by Gasteiger charge is -2.15. The van der Waals surface area contributed by atoms with Crippen LogP contribution in [0.4, 0.5) is 5.69 Å². The predicted molar refractivity (Wildman–Crippen MR) is 79.3 cm³/mol. The van der Waals surface area contributed by atoms with E-state index in [0.717, 1.165) is 11.4 Å². The third kappa shape index (κ3) is 2.05. The van der Waals surface area contributed by atoms with Gasteiger partial charge in [-0.15, -0.1) is 0 Å². The van der Waals surface area contributed by atoms with E-state index < -0.39 is 0 Å². The predicted octanol–water partition coefficient (Wildman–Crippen LogP) is 3.19. The van der Waals surface area contributed by atoms with Crippen LogP contribution in [0.5, 0.6) is 5.75 Å². The van der Waals surface area contributed by atoms with E-state index in [2.05, 4.69) is 18.2 Å². The van der Waals surface area contributed by atoms with Gasteiger partial charge in [0, 0.05) is 25.5 Å². The number of hydrogen-bond donors (Lipinski definition) is 0. The quantitative estimate of drug-likeness (QED) is 0.836. The summed E-state index contributed by atoms with van der Waals surface area (Å²) in [6.45, 7) is 2.30. The molecule has 2 aromatic carbocycles. The Bertz CT molecular complexity index is 637. The van der Waals surface area contributed by atoms with Gasteiger partial charge >= 0.3 is 0 Å². The second kappa shape index (κ2) is 5.00. The van der Waals surface area contributed by atoms with Crippen molar-refractivity contribution < 1.29 is 9.53 Å². The van der Waals surface area contributed by atoms with E-state index in [0.29, 0.717) is 6.54 Å². The Labute approximate surface area is 118 Å². The number of ether oxygens (including phenoxy) is 1. The van der Waals surface area contributed by atoms with Gasteiger partial charge in [0.15, 0.2) is 0 Å². The van der Waals surface area contributed by atoms with Crippen LogP contribution in [0.15, 0.2) is 48.5 Å². The molecule has 3 rings (SSSR count). The molecule has 0 N–H and O–H groups in total. The number of anilines is 1. The SMILES string of the molecule is COc1ccc2c(c1)N(C(C)=O)CC2c1ccccc1. The molecular formula is C17H17NO2. The van der Waals surface area contributed by atoms with Gasteiger partial charge in [0.1, 0.15) is 5.75 Å². The zero-order valence-electron chi connectivity index (χ0n) is 11.7. The summed E-state index contributed by atoms with van der Waals surface area (Å²) in [5.74, 6) is 1.09. The van der Waals surface area contributed by atoms with Crippen LogP contribution >= 0.6 is 0 Å². The van der Waals surface area contributed by atoms with Gasteiger partial charge in [-0.25, -0.2) is 0 Å². The highest BCUT2D eigenvalue weighted by Gasteiger charge is 2.32. The lowest BCUT2D eigenvalue weighted by atomic mass is 9.93. The summed E-state index contributed by atoms with van der Waals surface area (Å²) in [7, 11) is 1.64. The molecule has 1 aliphatic heterocycles. The number of amides is 1. The maximum absolute atomic E-state index is 11.9. The van der Waals surface area contributed by atoms with Gasteiger partial charge < -0.3 is 9.64 Å². The molecule has 0 fully saturated rings. The van der Waals surface area contributed by atoms with Gasteiger partial charge in [-0.1, -0.05) is 36.4 Å². The number of hydrogen-bond acceptors (Lipinski definition) is 2. The molecule has 102 valence electrons. The van der Waals surface area contributed by atoms with Gasteiger partial charge in [0.05, 0.1) is 12.8 Å². The van der Waals surface area contributed by atoms with E-state index >= 15 is 0 Å². The normalized spacial score (nSPS) is 16.9. The third-order valence-corrected chi connectivity index (χ3v) is 3.85. The zero-order chi connectivity index (χ0) is 14.1. The molecule has 1 aliphatic rings. The molecule has 3 nitrogen and oxygen atoms in total. The van der Waals surface area contributed by atoms with Crippen LogP contribution in [0.2, 0.25) is 0 Å². The van der Waals surface area contributed by atoms with Crippen molar-refractivity contribution in [3.05, 3.63) is 59.7 Å². The summed E-state index contributed by atoms with van der Waals surface area (Å²) in [6.07, 6.45) is 0. The smallest absolute Gasteiger partial charge is 0.223 e. The Morgan fingerprint density at radius 3 is 2.60 bits per heavy atom. The molecule has 1 heterocycles. The summed E-state index contributed by atoms with van der Waals surface area (Å²) >= 11 is 0. The topological polar surface area (TPSA) is 29.5 Å². The van der Waals surface area contributed by atoms with Gasteiger partial charge in [0.2, 0.25) is 5.91 Å². The van der Waals surface area contributed by atoms with Crippen molar-refractivity contribution in [2.75, 3.05) is 18.6 Å². The van der Waals surface area contributed by atoms with Crippen molar-refractivity contribution in [1.82, 2.24) is 0 Å². The minimum Gasteiger partial charge on any atom is -0.497 e. The molecule has 1 unspecified atom stereocenters. The Hall–Kier alpha value is -2.29. The number of carbonyl (C=O) groups is 1. The minimum atomic E-state index is 0.0675. The first-order valence-electron chi connectivity index (χ1n) is 6.71. The lowest BCUT2D eigenvalue weighted by Crippen LogP contribution is -2.27. The van der Waals surface area contributed by atoms with Crippen LogP contribution < -0.4 is 9.64 Å². The molecule has 0 bridgehead atoms. The van der Waals surface area contributed by atoms with Gasteiger partial charge in [-0.2, -0.15) is 0 Å². The highest BCUT2D eigenvalue weighted by atomic mass is 16.5. The first-order chi connectivity index (χ1) is 9.70. The first kappa shape index (κ1) is 12.7. The summed E-state index contributed by atoms with van der Waals surface area (Å²) in [4.78, 5) is 13.7. The molecule has 0 saturated carbocycles. The van der Waals surface area contributed by atoms with E-state index in [9.17, 15) is 4.79 Å². The van der Waals surface area contributed by atoms with Crippen molar-refractivity contribution >= 4 is 11.6 Å². The highest BCUT2D eigenvalue weighted by molar-refractivity contribution is 5.94. The largest absolute Gasteiger partial charge is 0.497 e. The third-order valence-electron chi connectivity index (χ3n) is 3.85. The maximum Gasteiger partial charge on any atom is 0.223 e. The van der Waals surface area contributed by atoms with Crippen LogP contribution in [0, 0.1) is 0 Å². The van der Waals surface area contributed by atoms with Crippen LogP contribution in [-0.2, 0) is 4.79 Å². The Balaban J connectivity index is 2.08. The standard InChI is InChI=1S/C17H17NO2/c1-12(19)18-11-16(13-6-4-3-5-7-13)15-9-8-14(20-2)10-17(15)18/h3-10,16H,11H2,1-2H3. The summed E-state index contributed by atoms with van der Waals surface area (Å²) < 4.78 is 5.27. The number of carbonyl (C=O) groups excluding carboxylic acids is 1. The number of rotatable bonds is 2. The number of fused-ring (bicyclic) bond motifs is 1. The summed E-state index contributed by atoms with van der Waals surface area (Å²) in [5.41, 5.74) is 3.39. The molecule has 3 heteroatoms. The molecule has 1 atom stereocenters. The van der Waals surface area contributed by atoms with E-state index in [4.69, 9.17) is 4.74 Å². The minimum absolute atomic E-state index is 0.0675. The molecule has 2 aromatic rings. The van der Waals surface area contributed by atoms with Crippen LogP contribution in [0.3, 0.4) is 0 Å². The Morgan fingerprint density at radius 2 is 1.95 bits per heavy atom. The molecule has 0 aliphatic carbocycles. The molecule has 20 heavy (non-hydrogen) atoms. The monoisotopic (exact) mass is 267 g/mol. The van der Waals surface area contributed by atoms with Gasteiger partial charge in [0.25, 0.3) is 0 Å². The van der Waals surface area contributed by atoms with Crippen LogP contribution in [-0.4, -0.2) is 19.6 Å². The fourth-order valence-electron chi connectivity index (χ4n) is 2.83. The molecule has 0 saturated heterocycles. The van der Waals surface area contributed by atoms with Crippen molar-refractivity contribution in [2.45, 2.75) is 12.8 Å². The number of methoxy groups -OCH3 is 1. The molecule has 0 radical (unpaired) electrons. The number of nitrogens with zero attached hydrogens (tertiary/aromatic N) is 1. The second-order valence-corrected chi connectivity index (χ2v) is 5.02. The average molecular weight is 267 g/mol. The van der Waals surface area contributed by atoms with Crippen LogP contribution in [0.25, 0.3) is 0 Å². The molecule has 0 aromatic heterocycles. The van der Waals surface area contributed by atoms with E-state index in [1.807, 2.05) is 35.2 Å². The molecular weight excluding hydrogens is 250 g/mol. The van der Waals surface area contributed by atoms with Crippen molar-refractivity contribution in [3.63, 3.8) is 0 Å². The highest BCUT2D eigenvalue weighted by Crippen LogP contribution is 2.41. The molecule has 1 amide bonds. The van der Waals surface area contributed by atoms with Crippen molar-refractivity contribution in [2.24, 2.45) is 0 Å². The average Bonchev–Trinajstić information content (AvgIpc) is 2.87. The van der Waals surface area contributed by atoms with Gasteiger partial charge in [-0.05, 0) is 17.2 Å². The molecule has 0 spiro atoms. The summed E-state index contributed by atoms with van der Waals surface area (Å²) in [5, 5.41) is 0. The van der Waals surface area contributed by atoms with E-state index in [1.54, 1.807) is 14.0 Å². The second-order valence-electron chi connectivity index (χ2n) is 5.02.